The highest BCUT2D eigenvalue weighted by Gasteiger charge is 2.33. The van der Waals surface area contributed by atoms with Crippen LogP contribution in [0.25, 0.3) is 11.7 Å². The molecule has 0 aromatic carbocycles. The summed E-state index contributed by atoms with van der Waals surface area (Å²) in [5.74, 6) is -0.0654. The summed E-state index contributed by atoms with van der Waals surface area (Å²) in [6.45, 7) is 4.24. The first kappa shape index (κ1) is 25.3. The van der Waals surface area contributed by atoms with Gasteiger partial charge in [0.1, 0.15) is 15.8 Å². The van der Waals surface area contributed by atoms with Crippen molar-refractivity contribution in [2.75, 3.05) is 44.9 Å². The highest BCUT2D eigenvalue weighted by atomic mass is 32.2. The molecule has 0 bridgehead atoms. The molecule has 2 aromatic heterocycles. The number of ether oxygens (including phenoxy) is 2. The largest absolute Gasteiger partial charge is 0.466 e. The molecule has 1 amide bonds. The van der Waals surface area contributed by atoms with Crippen molar-refractivity contribution in [3.8, 4) is 0 Å². The minimum atomic E-state index is -0.261. The SMILES string of the molecule is CCOC(=O)C1CCN(c2nc3ccccn3c(=O)c2/C=C2\SC(=S)N(CCCOC)C2=O)CC1. The summed E-state index contributed by atoms with van der Waals surface area (Å²) in [7, 11) is 1.61. The third-order valence-electron chi connectivity index (χ3n) is 6.04. The quantitative estimate of drug-likeness (QED) is 0.227. The Morgan fingerprint density at radius 1 is 1.29 bits per heavy atom. The van der Waals surface area contributed by atoms with Crippen molar-refractivity contribution < 1.29 is 19.1 Å². The van der Waals surface area contributed by atoms with Crippen molar-refractivity contribution in [1.82, 2.24) is 14.3 Å². The lowest BCUT2D eigenvalue weighted by molar-refractivity contribution is -0.148. The first-order valence-corrected chi connectivity index (χ1v) is 12.8. The van der Waals surface area contributed by atoms with Gasteiger partial charge >= 0.3 is 5.97 Å². The van der Waals surface area contributed by atoms with Gasteiger partial charge in [0.25, 0.3) is 11.5 Å². The van der Waals surface area contributed by atoms with E-state index >= 15 is 0 Å². The predicted molar refractivity (Wildman–Crippen MR) is 139 cm³/mol. The topological polar surface area (TPSA) is 93.5 Å². The van der Waals surface area contributed by atoms with Gasteiger partial charge in [-0.1, -0.05) is 30.0 Å². The van der Waals surface area contributed by atoms with E-state index in [2.05, 4.69) is 0 Å². The van der Waals surface area contributed by atoms with Gasteiger partial charge in [-0.25, -0.2) is 4.98 Å². The van der Waals surface area contributed by atoms with Crippen LogP contribution in [0.15, 0.2) is 34.1 Å². The van der Waals surface area contributed by atoms with Crippen LogP contribution in [0.4, 0.5) is 5.82 Å². The van der Waals surface area contributed by atoms with Crippen LogP contribution < -0.4 is 10.5 Å². The number of hydrogen-bond donors (Lipinski definition) is 0. The summed E-state index contributed by atoms with van der Waals surface area (Å²) in [5, 5.41) is 0. The van der Waals surface area contributed by atoms with E-state index in [9.17, 15) is 14.4 Å². The zero-order chi connectivity index (χ0) is 24.9. The maximum absolute atomic E-state index is 13.5. The Balaban J connectivity index is 1.68. The lowest BCUT2D eigenvalue weighted by Crippen LogP contribution is -2.39. The Morgan fingerprint density at radius 2 is 2.06 bits per heavy atom. The Labute approximate surface area is 213 Å². The van der Waals surface area contributed by atoms with Crippen LogP contribution in [0.2, 0.25) is 0 Å². The van der Waals surface area contributed by atoms with Crippen LogP contribution in [0.1, 0.15) is 31.7 Å². The smallest absolute Gasteiger partial charge is 0.309 e. The summed E-state index contributed by atoms with van der Waals surface area (Å²) >= 11 is 6.61. The molecule has 0 saturated carbocycles. The molecule has 2 saturated heterocycles. The van der Waals surface area contributed by atoms with Crippen LogP contribution in [-0.2, 0) is 19.1 Å². The fourth-order valence-corrected chi connectivity index (χ4v) is 5.53. The number of fused-ring (bicyclic) bond motifs is 1. The van der Waals surface area contributed by atoms with Crippen LogP contribution >= 0.6 is 24.0 Å². The van der Waals surface area contributed by atoms with E-state index in [1.54, 1.807) is 43.3 Å². The second-order valence-electron chi connectivity index (χ2n) is 8.28. The lowest BCUT2D eigenvalue weighted by atomic mass is 9.96. The number of carbonyl (C=O) groups excluding carboxylic acids is 2. The van der Waals surface area contributed by atoms with E-state index in [-0.39, 0.29) is 23.4 Å². The molecule has 0 spiro atoms. The number of hydrogen-bond acceptors (Lipinski definition) is 9. The summed E-state index contributed by atoms with van der Waals surface area (Å²) in [6.07, 6.45) is 5.15. The van der Waals surface area contributed by atoms with Crippen molar-refractivity contribution in [2.24, 2.45) is 5.92 Å². The monoisotopic (exact) mass is 516 g/mol. The van der Waals surface area contributed by atoms with E-state index < -0.39 is 0 Å². The molecule has 0 unspecified atom stereocenters. The van der Waals surface area contributed by atoms with E-state index in [0.29, 0.717) is 78.4 Å². The molecule has 0 N–H and O–H groups in total. The van der Waals surface area contributed by atoms with Crippen molar-refractivity contribution >= 4 is 57.7 Å². The van der Waals surface area contributed by atoms with Gasteiger partial charge in [-0.15, -0.1) is 0 Å². The molecular formula is C24H28N4O5S2. The zero-order valence-corrected chi connectivity index (χ0v) is 21.4. The van der Waals surface area contributed by atoms with Gasteiger partial charge in [0, 0.05) is 39.5 Å². The maximum Gasteiger partial charge on any atom is 0.309 e. The summed E-state index contributed by atoms with van der Waals surface area (Å²) in [4.78, 5) is 47.5. The van der Waals surface area contributed by atoms with Crippen LogP contribution in [0, 0.1) is 5.92 Å². The van der Waals surface area contributed by atoms with Crippen molar-refractivity contribution in [1.29, 1.82) is 0 Å². The minimum absolute atomic E-state index is 0.167. The van der Waals surface area contributed by atoms with Gasteiger partial charge in [-0.3, -0.25) is 23.7 Å². The van der Waals surface area contributed by atoms with Gasteiger partial charge < -0.3 is 14.4 Å². The molecule has 4 heterocycles. The molecule has 9 nitrogen and oxygen atoms in total. The van der Waals surface area contributed by atoms with E-state index in [1.165, 1.54) is 16.2 Å². The summed E-state index contributed by atoms with van der Waals surface area (Å²) in [5.41, 5.74) is 0.590. The van der Waals surface area contributed by atoms with Gasteiger partial charge in [0.15, 0.2) is 0 Å². The number of rotatable bonds is 8. The van der Waals surface area contributed by atoms with Crippen molar-refractivity contribution in [2.45, 2.75) is 26.2 Å². The zero-order valence-electron chi connectivity index (χ0n) is 19.8. The molecule has 0 aliphatic carbocycles. The minimum Gasteiger partial charge on any atom is -0.466 e. The lowest BCUT2D eigenvalue weighted by Gasteiger charge is -2.32. The van der Waals surface area contributed by atoms with Gasteiger partial charge in [0.2, 0.25) is 0 Å². The number of nitrogens with zero attached hydrogens (tertiary/aromatic N) is 4. The number of thiocarbonyl (C=S) groups is 1. The molecule has 11 heteroatoms. The molecule has 2 aromatic rings. The summed E-state index contributed by atoms with van der Waals surface area (Å²) in [6, 6.07) is 5.36. The van der Waals surface area contributed by atoms with E-state index in [1.807, 2.05) is 11.0 Å². The average molecular weight is 517 g/mol. The number of carbonyl (C=O) groups is 2. The van der Waals surface area contributed by atoms with Gasteiger partial charge in [-0.05, 0) is 44.4 Å². The number of methoxy groups -OCH3 is 1. The van der Waals surface area contributed by atoms with Crippen LogP contribution in [-0.4, -0.2) is 70.4 Å². The normalized spacial score (nSPS) is 18.2. The second kappa shape index (κ2) is 11.3. The standard InChI is InChI=1S/C24H28N4O5S2/c1-3-33-23(31)16-8-12-26(13-9-16)20-17(21(29)27-10-5-4-7-19(27)25-20)15-18-22(30)28(24(34)35-18)11-6-14-32-2/h4-5,7,10,15-16H,3,6,8-9,11-14H2,1-2H3/b18-15-. The third kappa shape index (κ3) is 5.41. The molecule has 4 rings (SSSR count). The first-order valence-electron chi connectivity index (χ1n) is 11.6. The molecule has 2 aliphatic rings. The number of esters is 1. The van der Waals surface area contributed by atoms with E-state index in [4.69, 9.17) is 26.7 Å². The number of thioether (sulfide) groups is 1. The predicted octanol–water partition coefficient (Wildman–Crippen LogP) is 2.71. The molecule has 0 atom stereocenters. The highest BCUT2D eigenvalue weighted by molar-refractivity contribution is 8.26. The number of aromatic nitrogens is 2. The van der Waals surface area contributed by atoms with Gasteiger partial charge in [0.05, 0.1) is 23.0 Å². The van der Waals surface area contributed by atoms with Gasteiger partial charge in [-0.2, -0.15) is 0 Å². The average Bonchev–Trinajstić information content (AvgIpc) is 3.13. The second-order valence-corrected chi connectivity index (χ2v) is 9.95. The highest BCUT2D eigenvalue weighted by Crippen LogP contribution is 2.34. The maximum atomic E-state index is 13.5. The number of amides is 1. The van der Waals surface area contributed by atoms with E-state index in [0.717, 1.165) is 0 Å². The Bertz CT molecular complexity index is 1220. The van der Waals surface area contributed by atoms with Crippen LogP contribution in [0.5, 0.6) is 0 Å². The number of piperidine rings is 1. The fourth-order valence-electron chi connectivity index (χ4n) is 4.24. The molecule has 2 aliphatic heterocycles. The molecule has 2 fully saturated rings. The Morgan fingerprint density at radius 3 is 2.77 bits per heavy atom. The Kier molecular flexibility index (Phi) is 8.19. The number of anilines is 1. The van der Waals surface area contributed by atoms with Crippen LogP contribution in [0.3, 0.4) is 0 Å². The number of pyridine rings is 1. The molecular weight excluding hydrogens is 488 g/mol. The summed E-state index contributed by atoms with van der Waals surface area (Å²) < 4.78 is 12.2. The third-order valence-corrected chi connectivity index (χ3v) is 7.42. The first-order chi connectivity index (χ1) is 16.9. The fraction of sp³-hybridized carbons (Fsp3) is 0.458. The molecule has 35 heavy (non-hydrogen) atoms. The Hall–Kier alpha value is -2.76. The molecule has 186 valence electrons. The van der Waals surface area contributed by atoms with Crippen molar-refractivity contribution in [3.63, 3.8) is 0 Å². The van der Waals surface area contributed by atoms with Crippen molar-refractivity contribution in [3.05, 3.63) is 45.2 Å². The molecule has 0 radical (unpaired) electrons.